The Morgan fingerprint density at radius 1 is 1.07 bits per heavy atom. The Morgan fingerprint density at radius 2 is 1.71 bits per heavy atom. The van der Waals surface area contributed by atoms with Crippen LogP contribution in [0.15, 0.2) is 0 Å². The van der Waals surface area contributed by atoms with Crippen molar-refractivity contribution in [3.8, 4) is 0 Å². The molecule has 2 rings (SSSR count). The topological polar surface area (TPSA) is 12.0 Å². The molecule has 2 fully saturated rings. The molecule has 0 amide bonds. The molecule has 1 nitrogen and oxygen atoms in total. The van der Waals surface area contributed by atoms with E-state index in [1.807, 2.05) is 0 Å². The SMILES string of the molecule is CC(C)(CNCC1CCC1)C1CCC1. The third-order valence-electron chi connectivity index (χ3n) is 4.45. The van der Waals surface area contributed by atoms with Crippen LogP contribution >= 0.6 is 0 Å². The van der Waals surface area contributed by atoms with Crippen molar-refractivity contribution >= 4 is 0 Å². The zero-order valence-corrected chi connectivity index (χ0v) is 9.81. The maximum absolute atomic E-state index is 3.68. The van der Waals surface area contributed by atoms with Gasteiger partial charge in [0.15, 0.2) is 0 Å². The molecule has 0 bridgehead atoms. The van der Waals surface area contributed by atoms with E-state index in [0.29, 0.717) is 5.41 Å². The van der Waals surface area contributed by atoms with E-state index in [0.717, 1.165) is 11.8 Å². The predicted octanol–water partition coefficient (Wildman–Crippen LogP) is 3.20. The number of rotatable bonds is 5. The zero-order chi connectivity index (χ0) is 10.0. The monoisotopic (exact) mass is 195 g/mol. The molecule has 2 saturated carbocycles. The maximum atomic E-state index is 3.68. The first-order chi connectivity index (χ1) is 6.68. The highest BCUT2D eigenvalue weighted by molar-refractivity contribution is 4.86. The lowest BCUT2D eigenvalue weighted by Crippen LogP contribution is -2.41. The molecule has 82 valence electrons. The summed E-state index contributed by atoms with van der Waals surface area (Å²) in [5.41, 5.74) is 0.544. The molecule has 0 aliphatic heterocycles. The fourth-order valence-corrected chi connectivity index (χ4v) is 2.63. The average molecular weight is 195 g/mol. The Hall–Kier alpha value is -0.0400. The van der Waals surface area contributed by atoms with E-state index >= 15 is 0 Å². The van der Waals surface area contributed by atoms with Crippen LogP contribution in [0.25, 0.3) is 0 Å². The fraction of sp³-hybridized carbons (Fsp3) is 1.00. The summed E-state index contributed by atoms with van der Waals surface area (Å²) < 4.78 is 0. The van der Waals surface area contributed by atoms with Crippen molar-refractivity contribution in [2.45, 2.75) is 52.4 Å². The van der Waals surface area contributed by atoms with Gasteiger partial charge in [0, 0.05) is 6.54 Å². The molecule has 0 atom stereocenters. The molecule has 2 aliphatic carbocycles. The van der Waals surface area contributed by atoms with Crippen molar-refractivity contribution in [2.24, 2.45) is 17.3 Å². The molecule has 0 saturated heterocycles. The normalized spacial score (nSPS) is 24.4. The molecule has 0 aromatic carbocycles. The van der Waals surface area contributed by atoms with Crippen molar-refractivity contribution in [3.63, 3.8) is 0 Å². The molecule has 1 N–H and O–H groups in total. The summed E-state index contributed by atoms with van der Waals surface area (Å²) in [4.78, 5) is 0. The van der Waals surface area contributed by atoms with Gasteiger partial charge in [0.25, 0.3) is 0 Å². The van der Waals surface area contributed by atoms with Crippen molar-refractivity contribution < 1.29 is 0 Å². The molecule has 2 aliphatic rings. The van der Waals surface area contributed by atoms with Crippen LogP contribution in [0.4, 0.5) is 0 Å². The predicted molar refractivity (Wildman–Crippen MR) is 61.3 cm³/mol. The van der Waals surface area contributed by atoms with Crippen LogP contribution in [-0.2, 0) is 0 Å². The summed E-state index contributed by atoms with van der Waals surface area (Å²) in [7, 11) is 0. The van der Waals surface area contributed by atoms with Gasteiger partial charge in [0.05, 0.1) is 0 Å². The molecule has 0 unspecified atom stereocenters. The van der Waals surface area contributed by atoms with Crippen LogP contribution in [0.3, 0.4) is 0 Å². The second-order valence-corrected chi connectivity index (χ2v) is 6.04. The minimum atomic E-state index is 0.544. The van der Waals surface area contributed by atoms with Crippen LogP contribution in [0, 0.1) is 17.3 Å². The molecule has 0 aromatic rings. The largest absolute Gasteiger partial charge is 0.316 e. The Morgan fingerprint density at radius 3 is 2.14 bits per heavy atom. The minimum Gasteiger partial charge on any atom is -0.316 e. The smallest absolute Gasteiger partial charge is 0.000528 e. The van der Waals surface area contributed by atoms with E-state index < -0.39 is 0 Å². The lowest BCUT2D eigenvalue weighted by molar-refractivity contribution is 0.115. The fourth-order valence-electron chi connectivity index (χ4n) is 2.63. The minimum absolute atomic E-state index is 0.544. The summed E-state index contributed by atoms with van der Waals surface area (Å²) in [6.07, 6.45) is 8.82. The molecule has 0 heterocycles. The van der Waals surface area contributed by atoms with Gasteiger partial charge in [-0.1, -0.05) is 26.7 Å². The standard InChI is InChI=1S/C13H25N/c1-13(2,12-7-4-8-12)10-14-9-11-5-3-6-11/h11-12,14H,3-10H2,1-2H3. The van der Waals surface area contributed by atoms with Crippen LogP contribution in [-0.4, -0.2) is 13.1 Å². The average Bonchev–Trinajstić information content (AvgIpc) is 1.89. The van der Waals surface area contributed by atoms with E-state index in [1.54, 1.807) is 0 Å². The highest BCUT2D eigenvalue weighted by Crippen LogP contribution is 2.41. The summed E-state index contributed by atoms with van der Waals surface area (Å²) in [5, 5.41) is 3.68. The van der Waals surface area contributed by atoms with E-state index in [4.69, 9.17) is 0 Å². The van der Waals surface area contributed by atoms with Gasteiger partial charge in [0.2, 0.25) is 0 Å². The lowest BCUT2D eigenvalue weighted by atomic mass is 9.67. The third-order valence-corrected chi connectivity index (χ3v) is 4.45. The third kappa shape index (κ3) is 2.31. The first-order valence-electron chi connectivity index (χ1n) is 6.39. The number of hydrogen-bond donors (Lipinski definition) is 1. The lowest BCUT2D eigenvalue weighted by Gasteiger charge is -2.41. The summed E-state index contributed by atoms with van der Waals surface area (Å²) >= 11 is 0. The first-order valence-corrected chi connectivity index (χ1v) is 6.39. The van der Waals surface area contributed by atoms with Gasteiger partial charge in [-0.05, 0) is 49.5 Å². The highest BCUT2D eigenvalue weighted by atomic mass is 14.9. The Balaban J connectivity index is 1.62. The van der Waals surface area contributed by atoms with Gasteiger partial charge in [-0.25, -0.2) is 0 Å². The van der Waals surface area contributed by atoms with Crippen LogP contribution in [0.1, 0.15) is 52.4 Å². The Kier molecular flexibility index (Phi) is 3.16. The quantitative estimate of drug-likeness (QED) is 0.710. The summed E-state index contributed by atoms with van der Waals surface area (Å²) in [6, 6.07) is 0. The molecule has 0 spiro atoms. The van der Waals surface area contributed by atoms with E-state index in [1.165, 1.54) is 51.6 Å². The van der Waals surface area contributed by atoms with E-state index in [2.05, 4.69) is 19.2 Å². The molecule has 0 radical (unpaired) electrons. The molecule has 0 aromatic heterocycles. The van der Waals surface area contributed by atoms with Gasteiger partial charge < -0.3 is 5.32 Å². The van der Waals surface area contributed by atoms with Gasteiger partial charge in [-0.3, -0.25) is 0 Å². The second-order valence-electron chi connectivity index (χ2n) is 6.04. The van der Waals surface area contributed by atoms with Crippen molar-refractivity contribution in [1.29, 1.82) is 0 Å². The van der Waals surface area contributed by atoms with Crippen LogP contribution < -0.4 is 5.32 Å². The van der Waals surface area contributed by atoms with Crippen molar-refractivity contribution in [3.05, 3.63) is 0 Å². The molecular weight excluding hydrogens is 170 g/mol. The van der Waals surface area contributed by atoms with Gasteiger partial charge >= 0.3 is 0 Å². The van der Waals surface area contributed by atoms with E-state index in [9.17, 15) is 0 Å². The molecule has 14 heavy (non-hydrogen) atoms. The van der Waals surface area contributed by atoms with Crippen LogP contribution in [0.5, 0.6) is 0 Å². The first kappa shape index (κ1) is 10.5. The van der Waals surface area contributed by atoms with Crippen LogP contribution in [0.2, 0.25) is 0 Å². The Bertz CT molecular complexity index is 178. The van der Waals surface area contributed by atoms with Gasteiger partial charge in [-0.2, -0.15) is 0 Å². The summed E-state index contributed by atoms with van der Waals surface area (Å²) in [5.74, 6) is 2.00. The van der Waals surface area contributed by atoms with Crippen molar-refractivity contribution in [2.75, 3.05) is 13.1 Å². The van der Waals surface area contributed by atoms with E-state index in [-0.39, 0.29) is 0 Å². The zero-order valence-electron chi connectivity index (χ0n) is 9.81. The molecular formula is C13H25N. The van der Waals surface area contributed by atoms with Crippen molar-refractivity contribution in [1.82, 2.24) is 5.32 Å². The maximum Gasteiger partial charge on any atom is 0.000528 e. The number of nitrogens with one attached hydrogen (secondary N) is 1. The Labute approximate surface area is 88.7 Å². The number of hydrogen-bond acceptors (Lipinski definition) is 1. The van der Waals surface area contributed by atoms with Gasteiger partial charge in [0.1, 0.15) is 0 Å². The summed E-state index contributed by atoms with van der Waals surface area (Å²) in [6.45, 7) is 7.37. The molecule has 1 heteroatoms. The highest BCUT2D eigenvalue weighted by Gasteiger charge is 2.33. The second kappa shape index (κ2) is 4.22. The van der Waals surface area contributed by atoms with Gasteiger partial charge in [-0.15, -0.1) is 0 Å².